The molecule has 0 spiro atoms. The first-order chi connectivity index (χ1) is 10.7. The summed E-state index contributed by atoms with van der Waals surface area (Å²) in [5.74, 6) is 0.807. The first kappa shape index (κ1) is 14.8. The van der Waals surface area contributed by atoms with E-state index >= 15 is 0 Å². The summed E-state index contributed by atoms with van der Waals surface area (Å²) in [6.07, 6.45) is 1.33. The number of nitrogens with zero attached hydrogens (tertiary/aromatic N) is 1. The maximum absolute atomic E-state index is 12.0. The molecule has 2 heterocycles. The zero-order valence-corrected chi connectivity index (χ0v) is 13.3. The Balaban J connectivity index is 2.03. The molecule has 1 atom stereocenters. The number of anilines is 1. The molecule has 5 nitrogen and oxygen atoms in total. The Morgan fingerprint density at radius 1 is 1.45 bits per heavy atom. The molecule has 22 heavy (non-hydrogen) atoms. The number of para-hydroxylation sites is 1. The van der Waals surface area contributed by atoms with Gasteiger partial charge in [-0.25, -0.2) is 4.98 Å². The summed E-state index contributed by atoms with van der Waals surface area (Å²) in [6, 6.07) is 7.90. The average molecular weight is 317 g/mol. The van der Waals surface area contributed by atoms with E-state index in [0.29, 0.717) is 24.7 Å². The number of rotatable bonds is 4. The molecule has 1 unspecified atom stereocenters. The highest BCUT2D eigenvalue weighted by Gasteiger charge is 2.29. The second kappa shape index (κ2) is 6.36. The summed E-state index contributed by atoms with van der Waals surface area (Å²) in [4.78, 5) is 17.4. The molecule has 0 aliphatic carbocycles. The zero-order chi connectivity index (χ0) is 15.5. The first-order valence-electron chi connectivity index (χ1n) is 7.42. The lowest BCUT2D eigenvalue weighted by atomic mass is 9.92. The number of hydrogen-bond donors (Lipinski definition) is 2. The minimum absolute atomic E-state index is 0.0269. The van der Waals surface area contributed by atoms with Crippen molar-refractivity contribution < 1.29 is 9.53 Å². The van der Waals surface area contributed by atoms with Crippen LogP contribution in [0, 0.1) is 0 Å². The number of ether oxygens (including phenoxy) is 1. The highest BCUT2D eigenvalue weighted by molar-refractivity contribution is 7.15. The molecule has 116 valence electrons. The number of nitrogens with two attached hydrogens (primary N) is 1. The van der Waals surface area contributed by atoms with E-state index in [1.807, 2.05) is 24.3 Å². The molecule has 0 radical (unpaired) electrons. The van der Waals surface area contributed by atoms with Crippen molar-refractivity contribution in [1.29, 1.82) is 0 Å². The van der Waals surface area contributed by atoms with Crippen molar-refractivity contribution in [2.75, 3.05) is 12.3 Å². The predicted octanol–water partition coefficient (Wildman–Crippen LogP) is 2.67. The quantitative estimate of drug-likeness (QED) is 0.909. The van der Waals surface area contributed by atoms with Crippen LogP contribution in [0.1, 0.15) is 41.8 Å². The topological polar surface area (TPSA) is 77.2 Å². The molecule has 0 bridgehead atoms. The van der Waals surface area contributed by atoms with Gasteiger partial charge in [0.25, 0.3) is 0 Å². The van der Waals surface area contributed by atoms with Crippen molar-refractivity contribution in [1.82, 2.24) is 10.3 Å². The average Bonchev–Trinajstić information content (AvgIpc) is 2.82. The van der Waals surface area contributed by atoms with E-state index in [-0.39, 0.29) is 11.8 Å². The lowest BCUT2D eigenvalue weighted by Crippen LogP contribution is -2.21. The lowest BCUT2D eigenvalue weighted by Gasteiger charge is -2.18. The van der Waals surface area contributed by atoms with Gasteiger partial charge in [0, 0.05) is 22.8 Å². The molecule has 0 fully saturated rings. The second-order valence-corrected chi connectivity index (χ2v) is 6.35. The number of nitrogen functional groups attached to an aromatic ring is 1. The summed E-state index contributed by atoms with van der Waals surface area (Å²) in [5, 5.41) is 3.43. The maximum Gasteiger partial charge on any atom is 0.221 e. The molecular formula is C16H19N3O2S. The molecule has 6 heteroatoms. The number of benzene rings is 1. The van der Waals surface area contributed by atoms with Gasteiger partial charge in [-0.2, -0.15) is 0 Å². The van der Waals surface area contributed by atoms with Crippen molar-refractivity contribution in [3.63, 3.8) is 0 Å². The Bertz CT molecular complexity index is 684. The van der Waals surface area contributed by atoms with Crippen LogP contribution in [0.15, 0.2) is 24.3 Å². The second-order valence-electron chi connectivity index (χ2n) is 5.28. The number of hydrogen-bond acceptors (Lipinski definition) is 5. The Morgan fingerprint density at radius 2 is 2.27 bits per heavy atom. The van der Waals surface area contributed by atoms with Crippen LogP contribution in [0.25, 0.3) is 0 Å². The van der Waals surface area contributed by atoms with Crippen LogP contribution in [0.5, 0.6) is 5.75 Å². The molecule has 1 aliphatic rings. The normalized spacial score (nSPS) is 17.5. The fourth-order valence-electron chi connectivity index (χ4n) is 2.68. The summed E-state index contributed by atoms with van der Waals surface area (Å²) < 4.78 is 5.86. The molecule has 1 aromatic carbocycles. The van der Waals surface area contributed by atoms with Gasteiger partial charge in [-0.3, -0.25) is 4.79 Å². The maximum atomic E-state index is 12.0. The fraction of sp³-hybridized carbons (Fsp3) is 0.375. The van der Waals surface area contributed by atoms with Gasteiger partial charge in [0.1, 0.15) is 5.75 Å². The first-order valence-corrected chi connectivity index (χ1v) is 8.24. The molecule has 3 rings (SSSR count). The van der Waals surface area contributed by atoms with E-state index in [4.69, 9.17) is 10.5 Å². The van der Waals surface area contributed by atoms with Crippen LogP contribution in [-0.2, 0) is 11.3 Å². The Morgan fingerprint density at radius 3 is 3.09 bits per heavy atom. The number of aromatic nitrogens is 1. The van der Waals surface area contributed by atoms with E-state index < -0.39 is 0 Å². The summed E-state index contributed by atoms with van der Waals surface area (Å²) in [6.45, 7) is 3.17. The van der Waals surface area contributed by atoms with Gasteiger partial charge < -0.3 is 15.8 Å². The van der Waals surface area contributed by atoms with Gasteiger partial charge in [0.05, 0.1) is 18.8 Å². The number of carbonyl (C=O) groups excluding carboxylic acids is 1. The smallest absolute Gasteiger partial charge is 0.221 e. The largest absolute Gasteiger partial charge is 0.493 e. The van der Waals surface area contributed by atoms with Crippen molar-refractivity contribution in [2.24, 2.45) is 0 Å². The van der Waals surface area contributed by atoms with Crippen LogP contribution < -0.4 is 15.8 Å². The van der Waals surface area contributed by atoms with E-state index in [9.17, 15) is 4.79 Å². The number of thiazole rings is 1. The third kappa shape index (κ3) is 2.92. The lowest BCUT2D eigenvalue weighted by molar-refractivity contribution is -0.121. The van der Waals surface area contributed by atoms with Gasteiger partial charge >= 0.3 is 0 Å². The third-order valence-electron chi connectivity index (χ3n) is 3.66. The Labute approximate surface area is 133 Å². The predicted molar refractivity (Wildman–Crippen MR) is 87.1 cm³/mol. The molecule has 0 saturated carbocycles. The molecule has 2 aromatic rings. The number of amides is 1. The van der Waals surface area contributed by atoms with E-state index in [2.05, 4.69) is 17.2 Å². The Kier molecular flexibility index (Phi) is 4.29. The fourth-order valence-corrected chi connectivity index (χ4v) is 3.65. The summed E-state index contributed by atoms with van der Waals surface area (Å²) >= 11 is 1.46. The Hall–Kier alpha value is -2.08. The van der Waals surface area contributed by atoms with Crippen LogP contribution >= 0.6 is 11.3 Å². The molecule has 1 aromatic heterocycles. The van der Waals surface area contributed by atoms with E-state index in [0.717, 1.165) is 28.3 Å². The summed E-state index contributed by atoms with van der Waals surface area (Å²) in [5.41, 5.74) is 7.76. The van der Waals surface area contributed by atoms with Crippen molar-refractivity contribution in [3.05, 3.63) is 40.4 Å². The van der Waals surface area contributed by atoms with Gasteiger partial charge in [-0.15, -0.1) is 11.3 Å². The highest BCUT2D eigenvalue weighted by atomic mass is 32.1. The van der Waals surface area contributed by atoms with Gasteiger partial charge in [0.2, 0.25) is 5.91 Å². The van der Waals surface area contributed by atoms with Crippen molar-refractivity contribution >= 4 is 22.4 Å². The van der Waals surface area contributed by atoms with Crippen LogP contribution in [-0.4, -0.2) is 17.5 Å². The number of nitrogens with one attached hydrogen (secondary N) is 1. The SMILES string of the molecule is CCCOc1ccccc1C1CC(=O)NCc2nc(N)sc21. The molecule has 1 aliphatic heterocycles. The van der Waals surface area contributed by atoms with Crippen LogP contribution in [0.2, 0.25) is 0 Å². The standard InChI is InChI=1S/C16H19N3O2S/c1-2-7-21-13-6-4-3-5-10(13)11-8-14(20)18-9-12-15(11)22-16(17)19-12/h3-6,11H,2,7-9H2,1H3,(H2,17,19)(H,18,20). The monoisotopic (exact) mass is 317 g/mol. The number of carbonyl (C=O) groups is 1. The minimum Gasteiger partial charge on any atom is -0.493 e. The number of fused-ring (bicyclic) bond motifs is 1. The van der Waals surface area contributed by atoms with Crippen LogP contribution in [0.3, 0.4) is 0 Å². The van der Waals surface area contributed by atoms with Gasteiger partial charge in [-0.05, 0) is 12.5 Å². The molecular weight excluding hydrogens is 298 g/mol. The molecule has 0 saturated heterocycles. The van der Waals surface area contributed by atoms with E-state index in [1.165, 1.54) is 11.3 Å². The third-order valence-corrected chi connectivity index (χ3v) is 4.70. The van der Waals surface area contributed by atoms with Crippen molar-refractivity contribution in [3.8, 4) is 5.75 Å². The van der Waals surface area contributed by atoms with Crippen molar-refractivity contribution in [2.45, 2.75) is 32.2 Å². The van der Waals surface area contributed by atoms with E-state index in [1.54, 1.807) is 0 Å². The van der Waals surface area contributed by atoms with Gasteiger partial charge in [-0.1, -0.05) is 25.1 Å². The minimum atomic E-state index is -0.0552. The molecule has 1 amide bonds. The van der Waals surface area contributed by atoms with Gasteiger partial charge in [0.15, 0.2) is 5.13 Å². The van der Waals surface area contributed by atoms with Crippen LogP contribution in [0.4, 0.5) is 5.13 Å². The summed E-state index contributed by atoms with van der Waals surface area (Å²) in [7, 11) is 0. The highest BCUT2D eigenvalue weighted by Crippen LogP contribution is 2.40. The zero-order valence-electron chi connectivity index (χ0n) is 12.5. The molecule has 3 N–H and O–H groups in total.